The molecular weight excluding hydrogens is 628 g/mol. The second-order valence-corrected chi connectivity index (χ2v) is 13.5. The fourth-order valence-electron chi connectivity index (χ4n) is 3.97. The van der Waals surface area contributed by atoms with E-state index in [1.807, 2.05) is 24.3 Å². The molecule has 0 aromatic heterocycles. The molecule has 9 nitrogen and oxygen atoms in total. The molecule has 2 aliphatic rings. The molecule has 1 heterocycles. The zero-order chi connectivity index (χ0) is 28.0. The predicted octanol–water partition coefficient (Wildman–Crippen LogP) is 6.24. The topological polar surface area (TPSA) is 143 Å². The highest BCUT2D eigenvalue weighted by Gasteiger charge is 2.20. The van der Waals surface area contributed by atoms with Crippen LogP contribution in [-0.2, 0) is 20.2 Å². The lowest BCUT2D eigenvalue weighted by Gasteiger charge is -2.12. The Kier molecular flexibility index (Phi) is 9.73. The molecule has 2 aromatic rings. The summed E-state index contributed by atoms with van der Waals surface area (Å²) in [7, 11) is -9.41. The van der Waals surface area contributed by atoms with Gasteiger partial charge in [-0.3, -0.25) is 9.11 Å². The number of nitrogens with zero attached hydrogens (tertiary/aromatic N) is 2. The molecule has 0 bridgehead atoms. The highest BCUT2D eigenvalue weighted by Crippen LogP contribution is 2.33. The molecule has 0 saturated heterocycles. The summed E-state index contributed by atoms with van der Waals surface area (Å²) in [5, 5.41) is 1.23. The molecule has 4 rings (SSSR count). The van der Waals surface area contributed by atoms with Crippen molar-refractivity contribution >= 4 is 63.4 Å². The third kappa shape index (κ3) is 7.83. The first-order chi connectivity index (χ1) is 18.6. The van der Waals surface area contributed by atoms with Gasteiger partial charge in [-0.2, -0.15) is 16.8 Å². The summed E-state index contributed by atoms with van der Waals surface area (Å²) >= 11 is 4.89. The van der Waals surface area contributed by atoms with Crippen molar-refractivity contribution in [2.24, 2.45) is 4.99 Å². The molecule has 0 saturated carbocycles. The minimum absolute atomic E-state index is 0.227. The maximum atomic E-state index is 12.0. The number of unbranched alkanes of at least 4 members (excludes halogenated alkanes) is 5. The summed E-state index contributed by atoms with van der Waals surface area (Å²) in [6, 6.07) is 13.7. The van der Waals surface area contributed by atoms with E-state index in [0.717, 1.165) is 70.7 Å². The Morgan fingerprint density at radius 3 is 2.31 bits per heavy atom. The van der Waals surface area contributed by atoms with Crippen LogP contribution in [0.25, 0.3) is 20.8 Å². The standard InChI is InChI=1S/C26H27BrN2O7S3/c27-13-7-3-1-2-4-8-14-36-23-16-21-25(37-24-10-6-5-9-19(24)28-21)17-20(23)29-22-15-18(38(30,31)32)11-12-26(22)39(33,34)35/h5-6,9-12,15-17H,1-4,7-8,13-14H2,(H,30,31,32)(H,33,34,35). The highest BCUT2D eigenvalue weighted by atomic mass is 79.9. The normalized spacial score (nSPS) is 12.8. The zero-order valence-electron chi connectivity index (χ0n) is 20.8. The van der Waals surface area contributed by atoms with Crippen molar-refractivity contribution in [3.05, 3.63) is 60.0 Å². The van der Waals surface area contributed by atoms with E-state index in [9.17, 15) is 25.9 Å². The van der Waals surface area contributed by atoms with Crippen LogP contribution in [0.3, 0.4) is 0 Å². The van der Waals surface area contributed by atoms with Crippen LogP contribution in [0.15, 0.2) is 69.4 Å². The molecule has 1 aliphatic heterocycles. The number of benzene rings is 3. The first kappa shape index (κ1) is 29.6. The summed E-state index contributed by atoms with van der Waals surface area (Å²) in [5.41, 5.74) is 1.11. The van der Waals surface area contributed by atoms with E-state index >= 15 is 0 Å². The molecule has 1 aliphatic carbocycles. The van der Waals surface area contributed by atoms with Gasteiger partial charge in [-0.1, -0.05) is 53.7 Å². The van der Waals surface area contributed by atoms with Crippen molar-refractivity contribution in [1.29, 1.82) is 0 Å². The Balaban J connectivity index is 1.78. The van der Waals surface area contributed by atoms with Crippen molar-refractivity contribution in [3.8, 4) is 16.3 Å². The summed E-state index contributed by atoms with van der Waals surface area (Å²) in [4.78, 5) is 8.68. The van der Waals surface area contributed by atoms with E-state index in [4.69, 9.17) is 9.72 Å². The van der Waals surface area contributed by atoms with Gasteiger partial charge in [0.1, 0.15) is 16.0 Å². The molecule has 0 atom stereocenters. The van der Waals surface area contributed by atoms with Crippen LogP contribution in [0.4, 0.5) is 5.69 Å². The number of aromatic nitrogens is 1. The van der Waals surface area contributed by atoms with Crippen molar-refractivity contribution in [3.63, 3.8) is 0 Å². The zero-order valence-corrected chi connectivity index (χ0v) is 24.8. The molecule has 2 N–H and O–H groups in total. The molecule has 0 amide bonds. The SMILES string of the molecule is O=S(=O)(O)c1ccc(S(=O)(=O)O)c(N=c2cc3sc4ccccc4nc-3cc2OCCCCCCCCBr)c1. The lowest BCUT2D eigenvalue weighted by atomic mass is 10.1. The maximum Gasteiger partial charge on any atom is 0.296 e. The van der Waals surface area contributed by atoms with Gasteiger partial charge in [0.25, 0.3) is 20.2 Å². The second kappa shape index (κ2) is 12.8. The Hall–Kier alpha value is -2.42. The van der Waals surface area contributed by atoms with Crippen molar-refractivity contribution in [2.75, 3.05) is 11.9 Å². The summed E-state index contributed by atoms with van der Waals surface area (Å²) in [5.74, 6) is 0.329. The number of ether oxygens (including phenoxy) is 1. The number of rotatable bonds is 12. The Labute approximate surface area is 239 Å². The molecule has 13 heteroatoms. The summed E-state index contributed by atoms with van der Waals surface area (Å²) < 4.78 is 73.7. The van der Waals surface area contributed by atoms with Gasteiger partial charge in [0.15, 0.2) is 0 Å². The van der Waals surface area contributed by atoms with E-state index in [0.29, 0.717) is 18.1 Å². The molecule has 0 fully saturated rings. The average Bonchev–Trinajstić information content (AvgIpc) is 2.88. The summed E-state index contributed by atoms with van der Waals surface area (Å²) in [6.45, 7) is 0.389. The first-order valence-corrected chi connectivity index (χ1v) is 17.0. The van der Waals surface area contributed by atoms with E-state index in [2.05, 4.69) is 20.9 Å². The second-order valence-electron chi connectivity index (χ2n) is 8.82. The minimum atomic E-state index is -4.76. The quantitative estimate of drug-likeness (QED) is 0.0790. The van der Waals surface area contributed by atoms with Gasteiger partial charge in [-0.25, -0.2) is 9.98 Å². The Morgan fingerprint density at radius 2 is 1.59 bits per heavy atom. The van der Waals surface area contributed by atoms with Gasteiger partial charge in [0.05, 0.1) is 38.0 Å². The lowest BCUT2D eigenvalue weighted by molar-refractivity contribution is 0.301. The number of hydrogen-bond acceptors (Lipinski definition) is 8. The van der Waals surface area contributed by atoms with Crippen LogP contribution >= 0.6 is 27.3 Å². The van der Waals surface area contributed by atoms with Gasteiger partial charge in [-0.15, -0.1) is 11.3 Å². The third-order valence-corrected chi connectivity index (χ3v) is 9.32. The molecule has 2 aromatic carbocycles. The van der Waals surface area contributed by atoms with E-state index in [1.165, 1.54) is 17.8 Å². The van der Waals surface area contributed by atoms with Crippen LogP contribution < -0.4 is 10.1 Å². The van der Waals surface area contributed by atoms with Crippen LogP contribution in [0, 0.1) is 0 Å². The van der Waals surface area contributed by atoms with Crippen LogP contribution in [0.2, 0.25) is 0 Å². The van der Waals surface area contributed by atoms with Gasteiger partial charge in [-0.05, 0) is 49.2 Å². The average molecular weight is 656 g/mol. The van der Waals surface area contributed by atoms with Crippen molar-refractivity contribution < 1.29 is 30.7 Å². The Bertz CT molecular complexity index is 1720. The van der Waals surface area contributed by atoms with Crippen LogP contribution in [0.1, 0.15) is 38.5 Å². The third-order valence-electron chi connectivity index (χ3n) is 5.90. The number of hydrogen-bond donors (Lipinski definition) is 2. The van der Waals surface area contributed by atoms with Gasteiger partial charge in [0, 0.05) is 11.4 Å². The van der Waals surface area contributed by atoms with Gasteiger partial charge in [0.2, 0.25) is 0 Å². The fraction of sp³-hybridized carbons (Fsp3) is 0.308. The van der Waals surface area contributed by atoms with E-state index in [-0.39, 0.29) is 11.0 Å². The molecule has 39 heavy (non-hydrogen) atoms. The summed E-state index contributed by atoms with van der Waals surface area (Å²) in [6.07, 6.45) is 6.32. The number of fused-ring (bicyclic) bond motifs is 2. The van der Waals surface area contributed by atoms with Crippen LogP contribution in [0.5, 0.6) is 5.75 Å². The number of alkyl halides is 1. The van der Waals surface area contributed by atoms with Crippen LogP contribution in [-0.4, -0.2) is 42.9 Å². The van der Waals surface area contributed by atoms with Crippen molar-refractivity contribution in [2.45, 2.75) is 48.3 Å². The Morgan fingerprint density at radius 1 is 0.872 bits per heavy atom. The maximum absolute atomic E-state index is 12.0. The van der Waals surface area contributed by atoms with E-state index in [1.54, 1.807) is 12.1 Å². The van der Waals surface area contributed by atoms with Gasteiger partial charge < -0.3 is 4.74 Å². The lowest BCUT2D eigenvalue weighted by Crippen LogP contribution is -2.12. The van der Waals surface area contributed by atoms with E-state index < -0.39 is 30.0 Å². The molecular formula is C26H27BrN2O7S3. The smallest absolute Gasteiger partial charge is 0.296 e. The number of halogens is 1. The fourth-order valence-corrected chi connectivity index (χ4v) is 6.46. The predicted molar refractivity (Wildman–Crippen MR) is 155 cm³/mol. The monoisotopic (exact) mass is 654 g/mol. The van der Waals surface area contributed by atoms with Crippen molar-refractivity contribution in [1.82, 2.24) is 4.98 Å². The molecule has 0 radical (unpaired) electrons. The molecule has 0 spiro atoms. The number of para-hydroxylation sites is 1. The minimum Gasteiger partial charge on any atom is -0.491 e. The highest BCUT2D eigenvalue weighted by molar-refractivity contribution is 9.09. The molecule has 0 unspecified atom stereocenters. The molecule has 208 valence electrons. The first-order valence-electron chi connectivity index (χ1n) is 12.2. The largest absolute Gasteiger partial charge is 0.491 e. The van der Waals surface area contributed by atoms with Gasteiger partial charge >= 0.3 is 0 Å².